The highest BCUT2D eigenvalue weighted by molar-refractivity contribution is 5.80. The van der Waals surface area contributed by atoms with Crippen molar-refractivity contribution >= 4 is 16.7 Å². The molecule has 0 saturated carbocycles. The van der Waals surface area contributed by atoms with Crippen LogP contribution in [0.3, 0.4) is 0 Å². The van der Waals surface area contributed by atoms with E-state index >= 15 is 0 Å². The molecule has 3 heteroatoms. The quantitative estimate of drug-likeness (QED) is 0.545. The average Bonchev–Trinajstić information content (AvgIpc) is 2.56. The zero-order chi connectivity index (χ0) is 10.4. The zero-order valence-electron chi connectivity index (χ0n) is 8.24. The van der Waals surface area contributed by atoms with Gasteiger partial charge >= 0.3 is 0 Å². The van der Waals surface area contributed by atoms with E-state index in [1.807, 2.05) is 25.1 Å². The van der Waals surface area contributed by atoms with Gasteiger partial charge in [0.2, 0.25) is 0 Å². The third kappa shape index (κ3) is 1.20. The van der Waals surface area contributed by atoms with Crippen LogP contribution in [0.2, 0.25) is 0 Å². The van der Waals surface area contributed by atoms with Gasteiger partial charge in [-0.05, 0) is 36.8 Å². The number of hydrogen-bond acceptors (Lipinski definition) is 1. The first-order chi connectivity index (χ1) is 7.24. The maximum absolute atomic E-state index is 13.1. The van der Waals surface area contributed by atoms with Gasteiger partial charge in [0.1, 0.15) is 11.5 Å². The summed E-state index contributed by atoms with van der Waals surface area (Å²) >= 11 is 0. The van der Waals surface area contributed by atoms with Gasteiger partial charge in [0.25, 0.3) is 0 Å². The Morgan fingerprint density at radius 2 is 2.07 bits per heavy atom. The second-order valence-corrected chi connectivity index (χ2v) is 3.68. The van der Waals surface area contributed by atoms with Crippen LogP contribution in [0.25, 0.3) is 16.7 Å². The van der Waals surface area contributed by atoms with Crippen LogP contribution in [0.15, 0.2) is 36.5 Å². The minimum Gasteiger partial charge on any atom is -0.297 e. The van der Waals surface area contributed by atoms with Crippen molar-refractivity contribution in [1.82, 2.24) is 9.38 Å². The lowest BCUT2D eigenvalue weighted by atomic mass is 10.2. The van der Waals surface area contributed by atoms with E-state index in [1.54, 1.807) is 10.5 Å². The summed E-state index contributed by atoms with van der Waals surface area (Å²) in [5.74, 6) is -0.247. The molecule has 0 radical (unpaired) electrons. The number of imidazole rings is 1. The van der Waals surface area contributed by atoms with Gasteiger partial charge in [0.15, 0.2) is 0 Å². The van der Waals surface area contributed by atoms with Crippen molar-refractivity contribution in [3.05, 3.63) is 47.9 Å². The maximum atomic E-state index is 13.1. The normalized spacial score (nSPS) is 11.3. The van der Waals surface area contributed by atoms with Gasteiger partial charge in [0.05, 0.1) is 11.0 Å². The minimum atomic E-state index is -0.247. The lowest BCUT2D eigenvalue weighted by Gasteiger charge is -1.96. The standard InChI is InChI=1S/C12H9FN2/c1-8-2-4-10-11(6-8)15-7-9(13)3-5-12(15)14-10/h2-7H,1H3. The van der Waals surface area contributed by atoms with Crippen LogP contribution < -0.4 is 0 Å². The molecule has 0 fully saturated rings. The largest absolute Gasteiger partial charge is 0.297 e. The van der Waals surface area contributed by atoms with Gasteiger partial charge in [-0.2, -0.15) is 0 Å². The summed E-state index contributed by atoms with van der Waals surface area (Å²) in [6, 6.07) is 9.08. The highest BCUT2D eigenvalue weighted by atomic mass is 19.1. The fourth-order valence-electron chi connectivity index (χ4n) is 1.80. The summed E-state index contributed by atoms with van der Waals surface area (Å²) < 4.78 is 14.9. The number of hydrogen-bond donors (Lipinski definition) is 0. The number of aryl methyl sites for hydroxylation is 1. The Balaban J connectivity index is 2.55. The van der Waals surface area contributed by atoms with Gasteiger partial charge in [-0.3, -0.25) is 4.40 Å². The molecule has 0 amide bonds. The molecule has 2 nitrogen and oxygen atoms in total. The molecular formula is C12H9FN2. The Labute approximate surface area is 86.0 Å². The van der Waals surface area contributed by atoms with Crippen molar-refractivity contribution in [3.8, 4) is 0 Å². The highest BCUT2D eigenvalue weighted by Crippen LogP contribution is 2.18. The molecule has 15 heavy (non-hydrogen) atoms. The first kappa shape index (κ1) is 8.41. The topological polar surface area (TPSA) is 17.3 Å². The van der Waals surface area contributed by atoms with Crippen LogP contribution in [0.1, 0.15) is 5.56 Å². The second kappa shape index (κ2) is 2.79. The summed E-state index contributed by atoms with van der Waals surface area (Å²) in [5, 5.41) is 0. The Morgan fingerprint density at radius 1 is 1.20 bits per heavy atom. The van der Waals surface area contributed by atoms with Crippen LogP contribution >= 0.6 is 0 Å². The van der Waals surface area contributed by atoms with E-state index in [0.29, 0.717) is 0 Å². The fourth-order valence-corrected chi connectivity index (χ4v) is 1.80. The molecule has 0 spiro atoms. The van der Waals surface area contributed by atoms with Crippen LogP contribution in [-0.2, 0) is 0 Å². The first-order valence-electron chi connectivity index (χ1n) is 4.78. The highest BCUT2D eigenvalue weighted by Gasteiger charge is 2.04. The van der Waals surface area contributed by atoms with E-state index in [4.69, 9.17) is 0 Å². The van der Waals surface area contributed by atoms with Crippen molar-refractivity contribution in [2.75, 3.05) is 0 Å². The Morgan fingerprint density at radius 3 is 2.93 bits per heavy atom. The summed E-state index contributed by atoms with van der Waals surface area (Å²) in [7, 11) is 0. The van der Waals surface area contributed by atoms with E-state index in [-0.39, 0.29) is 5.82 Å². The van der Waals surface area contributed by atoms with Crippen molar-refractivity contribution in [2.24, 2.45) is 0 Å². The van der Waals surface area contributed by atoms with Crippen LogP contribution in [0.5, 0.6) is 0 Å². The van der Waals surface area contributed by atoms with E-state index in [2.05, 4.69) is 4.98 Å². The lowest BCUT2D eigenvalue weighted by Crippen LogP contribution is -1.86. The van der Waals surface area contributed by atoms with E-state index in [9.17, 15) is 4.39 Å². The van der Waals surface area contributed by atoms with Crippen molar-refractivity contribution in [1.29, 1.82) is 0 Å². The zero-order valence-corrected chi connectivity index (χ0v) is 8.24. The third-order valence-electron chi connectivity index (χ3n) is 2.52. The molecular weight excluding hydrogens is 191 g/mol. The molecule has 0 aliphatic heterocycles. The van der Waals surface area contributed by atoms with E-state index in [1.165, 1.54) is 12.3 Å². The number of fused-ring (bicyclic) bond motifs is 3. The van der Waals surface area contributed by atoms with Gasteiger partial charge < -0.3 is 0 Å². The molecule has 0 N–H and O–H groups in total. The molecule has 0 unspecified atom stereocenters. The van der Waals surface area contributed by atoms with E-state index < -0.39 is 0 Å². The second-order valence-electron chi connectivity index (χ2n) is 3.68. The predicted molar refractivity (Wildman–Crippen MR) is 57.4 cm³/mol. The number of pyridine rings is 1. The third-order valence-corrected chi connectivity index (χ3v) is 2.52. The van der Waals surface area contributed by atoms with E-state index in [0.717, 1.165) is 22.2 Å². The number of benzene rings is 1. The molecule has 74 valence electrons. The number of rotatable bonds is 0. The van der Waals surface area contributed by atoms with Gasteiger partial charge in [0, 0.05) is 6.20 Å². The Hall–Kier alpha value is -1.90. The average molecular weight is 200 g/mol. The first-order valence-corrected chi connectivity index (χ1v) is 4.78. The number of aromatic nitrogens is 2. The van der Waals surface area contributed by atoms with Gasteiger partial charge in [-0.25, -0.2) is 9.37 Å². The molecule has 3 aromatic rings. The molecule has 0 aliphatic rings. The van der Waals surface area contributed by atoms with Crippen molar-refractivity contribution < 1.29 is 4.39 Å². The molecule has 2 heterocycles. The summed E-state index contributed by atoms with van der Waals surface area (Å²) in [5.41, 5.74) is 3.77. The summed E-state index contributed by atoms with van der Waals surface area (Å²) in [4.78, 5) is 4.39. The molecule has 2 aromatic heterocycles. The van der Waals surface area contributed by atoms with Gasteiger partial charge in [-0.1, -0.05) is 6.07 Å². The van der Waals surface area contributed by atoms with Crippen molar-refractivity contribution in [3.63, 3.8) is 0 Å². The molecule has 0 bridgehead atoms. The molecule has 0 saturated heterocycles. The lowest BCUT2D eigenvalue weighted by molar-refractivity contribution is 0.620. The summed E-state index contributed by atoms with van der Waals surface area (Å²) in [6.07, 6.45) is 1.46. The molecule has 0 atom stereocenters. The monoisotopic (exact) mass is 200 g/mol. The fraction of sp³-hybridized carbons (Fsp3) is 0.0833. The summed E-state index contributed by atoms with van der Waals surface area (Å²) in [6.45, 7) is 2.01. The van der Waals surface area contributed by atoms with Crippen LogP contribution in [0, 0.1) is 12.7 Å². The molecule has 0 aliphatic carbocycles. The Kier molecular flexibility index (Phi) is 1.57. The number of nitrogens with zero attached hydrogens (tertiary/aromatic N) is 2. The number of halogens is 1. The van der Waals surface area contributed by atoms with Crippen LogP contribution in [-0.4, -0.2) is 9.38 Å². The smallest absolute Gasteiger partial charge is 0.139 e. The predicted octanol–water partition coefficient (Wildman–Crippen LogP) is 2.94. The maximum Gasteiger partial charge on any atom is 0.139 e. The minimum absolute atomic E-state index is 0.247. The molecule has 3 rings (SSSR count). The van der Waals surface area contributed by atoms with Crippen molar-refractivity contribution in [2.45, 2.75) is 6.92 Å². The SMILES string of the molecule is Cc1ccc2nc3ccc(F)cn3c2c1. The van der Waals surface area contributed by atoms with Gasteiger partial charge in [-0.15, -0.1) is 0 Å². The molecule has 1 aromatic carbocycles. The van der Waals surface area contributed by atoms with Crippen LogP contribution in [0.4, 0.5) is 4.39 Å². The Bertz CT molecular complexity index is 599.